The Kier molecular flexibility index (Phi) is 4.54. The maximum absolute atomic E-state index is 14.1. The lowest BCUT2D eigenvalue weighted by atomic mass is 9.84. The van der Waals surface area contributed by atoms with Gasteiger partial charge in [0, 0.05) is 12.0 Å². The quantitative estimate of drug-likeness (QED) is 0.900. The van der Waals surface area contributed by atoms with Gasteiger partial charge in [0.05, 0.1) is 16.9 Å². The maximum atomic E-state index is 14.1. The van der Waals surface area contributed by atoms with Crippen molar-refractivity contribution in [1.82, 2.24) is 10.2 Å². The normalized spacial score (nSPS) is 11.5. The number of rotatable bonds is 4. The van der Waals surface area contributed by atoms with E-state index in [0.717, 1.165) is 0 Å². The SMILES string of the molecule is CC(C)(CNc1cn[nH]c(=O)c1Cl)c1cccc(Cl)c1F. The van der Waals surface area contributed by atoms with Crippen LogP contribution >= 0.6 is 23.2 Å². The van der Waals surface area contributed by atoms with Crippen LogP contribution in [0, 0.1) is 5.82 Å². The molecule has 0 saturated heterocycles. The van der Waals surface area contributed by atoms with Gasteiger partial charge in [-0.05, 0) is 11.6 Å². The van der Waals surface area contributed by atoms with Crippen molar-refractivity contribution < 1.29 is 4.39 Å². The molecule has 0 aliphatic carbocycles. The molecule has 2 aromatic rings. The van der Waals surface area contributed by atoms with Gasteiger partial charge in [-0.1, -0.05) is 49.2 Å². The van der Waals surface area contributed by atoms with E-state index in [-0.39, 0.29) is 10.0 Å². The van der Waals surface area contributed by atoms with Gasteiger partial charge in [-0.3, -0.25) is 4.79 Å². The number of aromatic nitrogens is 2. The van der Waals surface area contributed by atoms with Crippen molar-refractivity contribution in [3.05, 3.63) is 56.2 Å². The minimum Gasteiger partial charge on any atom is -0.381 e. The molecule has 4 nitrogen and oxygen atoms in total. The number of anilines is 1. The fourth-order valence-electron chi connectivity index (χ4n) is 1.94. The van der Waals surface area contributed by atoms with Gasteiger partial charge in [-0.2, -0.15) is 5.10 Å². The summed E-state index contributed by atoms with van der Waals surface area (Å²) in [6.07, 6.45) is 1.41. The van der Waals surface area contributed by atoms with Crippen LogP contribution in [-0.2, 0) is 5.41 Å². The third kappa shape index (κ3) is 3.36. The number of nitrogens with zero attached hydrogens (tertiary/aromatic N) is 1. The molecule has 1 heterocycles. The largest absolute Gasteiger partial charge is 0.381 e. The van der Waals surface area contributed by atoms with E-state index in [0.29, 0.717) is 17.8 Å². The molecule has 2 N–H and O–H groups in total. The molecule has 0 fully saturated rings. The van der Waals surface area contributed by atoms with Gasteiger partial charge in [0.25, 0.3) is 5.56 Å². The first-order valence-corrected chi connectivity index (χ1v) is 7.00. The van der Waals surface area contributed by atoms with Gasteiger partial charge < -0.3 is 5.32 Å². The summed E-state index contributed by atoms with van der Waals surface area (Å²) < 4.78 is 14.1. The highest BCUT2D eigenvalue weighted by molar-refractivity contribution is 6.32. The highest BCUT2D eigenvalue weighted by atomic mass is 35.5. The van der Waals surface area contributed by atoms with Crippen LogP contribution in [0.25, 0.3) is 0 Å². The summed E-state index contributed by atoms with van der Waals surface area (Å²) in [5.41, 5.74) is -0.151. The molecule has 0 aliphatic heterocycles. The number of aromatic amines is 1. The molecule has 21 heavy (non-hydrogen) atoms. The summed E-state index contributed by atoms with van der Waals surface area (Å²) in [5, 5.41) is 9.02. The Morgan fingerprint density at radius 2 is 2.10 bits per heavy atom. The molecule has 0 saturated carbocycles. The lowest BCUT2D eigenvalue weighted by Crippen LogP contribution is -2.29. The molecule has 7 heteroatoms. The summed E-state index contributed by atoms with van der Waals surface area (Å²) in [5.74, 6) is -0.443. The van der Waals surface area contributed by atoms with Gasteiger partial charge in [-0.25, -0.2) is 9.49 Å². The first-order chi connectivity index (χ1) is 9.83. The first-order valence-electron chi connectivity index (χ1n) is 6.24. The first kappa shape index (κ1) is 15.8. The topological polar surface area (TPSA) is 57.8 Å². The Morgan fingerprint density at radius 1 is 1.38 bits per heavy atom. The van der Waals surface area contributed by atoms with Crippen molar-refractivity contribution in [2.75, 3.05) is 11.9 Å². The third-order valence-electron chi connectivity index (χ3n) is 3.20. The van der Waals surface area contributed by atoms with Gasteiger partial charge in [0.15, 0.2) is 0 Å². The van der Waals surface area contributed by atoms with Crippen molar-refractivity contribution in [3.8, 4) is 0 Å². The van der Waals surface area contributed by atoms with Crippen LogP contribution in [0.1, 0.15) is 19.4 Å². The maximum Gasteiger partial charge on any atom is 0.285 e. The molecule has 1 aromatic heterocycles. The second kappa shape index (κ2) is 6.03. The van der Waals surface area contributed by atoms with Crippen molar-refractivity contribution in [3.63, 3.8) is 0 Å². The van der Waals surface area contributed by atoms with Crippen LogP contribution in [0.15, 0.2) is 29.2 Å². The van der Waals surface area contributed by atoms with Crippen LogP contribution in [0.4, 0.5) is 10.1 Å². The van der Waals surface area contributed by atoms with E-state index in [1.165, 1.54) is 12.3 Å². The molecule has 0 aliphatic rings. The zero-order chi connectivity index (χ0) is 15.6. The lowest BCUT2D eigenvalue weighted by molar-refractivity contribution is 0.504. The fourth-order valence-corrected chi connectivity index (χ4v) is 2.28. The Balaban J connectivity index is 2.24. The fraction of sp³-hybridized carbons (Fsp3) is 0.286. The number of H-pyrrole nitrogens is 1. The highest BCUT2D eigenvalue weighted by Crippen LogP contribution is 2.30. The number of nitrogens with one attached hydrogen (secondary N) is 2. The average Bonchev–Trinajstić information content (AvgIpc) is 2.43. The Bertz CT molecular complexity index is 716. The van der Waals surface area contributed by atoms with E-state index < -0.39 is 16.8 Å². The van der Waals surface area contributed by atoms with Gasteiger partial charge in [0.2, 0.25) is 0 Å². The van der Waals surface area contributed by atoms with Crippen LogP contribution in [0.2, 0.25) is 10.0 Å². The minimum atomic E-state index is -0.555. The monoisotopic (exact) mass is 329 g/mol. The summed E-state index contributed by atoms with van der Waals surface area (Å²) in [7, 11) is 0. The third-order valence-corrected chi connectivity index (χ3v) is 3.86. The van der Waals surface area contributed by atoms with E-state index >= 15 is 0 Å². The standard InChI is InChI=1S/C14H14Cl2FN3O/c1-14(2,8-4-3-5-9(15)12(8)17)7-18-10-6-19-20-13(21)11(10)16/h3-6H,7H2,1-2H3,(H2,18,20,21). The van der Waals surface area contributed by atoms with Crippen molar-refractivity contribution in [2.24, 2.45) is 0 Å². The minimum absolute atomic E-state index is 0.0207. The summed E-state index contributed by atoms with van der Waals surface area (Å²) in [6.45, 7) is 4.08. The second-order valence-corrected chi connectivity index (χ2v) is 6.05. The molecule has 0 amide bonds. The Labute approximate surface area is 131 Å². The van der Waals surface area contributed by atoms with Crippen molar-refractivity contribution >= 4 is 28.9 Å². The number of hydrogen-bond donors (Lipinski definition) is 2. The lowest BCUT2D eigenvalue weighted by Gasteiger charge is -2.27. The predicted octanol–water partition coefficient (Wildman–Crippen LogP) is 3.61. The molecule has 0 spiro atoms. The summed E-state index contributed by atoms with van der Waals surface area (Å²) >= 11 is 11.7. The van der Waals surface area contributed by atoms with E-state index in [2.05, 4.69) is 15.5 Å². The van der Waals surface area contributed by atoms with Crippen LogP contribution in [-0.4, -0.2) is 16.7 Å². The van der Waals surface area contributed by atoms with E-state index in [1.807, 2.05) is 13.8 Å². The van der Waals surface area contributed by atoms with E-state index in [9.17, 15) is 9.18 Å². The van der Waals surface area contributed by atoms with Crippen LogP contribution < -0.4 is 10.9 Å². The molecule has 0 unspecified atom stereocenters. The molecule has 2 rings (SSSR count). The molecule has 112 valence electrons. The summed E-state index contributed by atoms with van der Waals surface area (Å²) in [6, 6.07) is 4.88. The second-order valence-electron chi connectivity index (χ2n) is 5.27. The van der Waals surface area contributed by atoms with Gasteiger partial charge in [-0.15, -0.1) is 0 Å². The number of hydrogen-bond acceptors (Lipinski definition) is 3. The molecule has 0 radical (unpaired) electrons. The molecule has 0 atom stereocenters. The smallest absolute Gasteiger partial charge is 0.285 e. The molecular formula is C14H14Cl2FN3O. The van der Waals surface area contributed by atoms with E-state index in [4.69, 9.17) is 23.2 Å². The van der Waals surface area contributed by atoms with Gasteiger partial charge >= 0.3 is 0 Å². The molecular weight excluding hydrogens is 316 g/mol. The number of benzene rings is 1. The number of halogens is 3. The van der Waals surface area contributed by atoms with Crippen LogP contribution in [0.3, 0.4) is 0 Å². The zero-order valence-corrected chi connectivity index (χ0v) is 13.0. The average molecular weight is 330 g/mol. The Morgan fingerprint density at radius 3 is 2.81 bits per heavy atom. The van der Waals surface area contributed by atoms with Crippen LogP contribution in [0.5, 0.6) is 0 Å². The highest BCUT2D eigenvalue weighted by Gasteiger charge is 2.25. The van der Waals surface area contributed by atoms with Crippen molar-refractivity contribution in [1.29, 1.82) is 0 Å². The molecule has 0 bridgehead atoms. The van der Waals surface area contributed by atoms with Gasteiger partial charge in [0.1, 0.15) is 10.8 Å². The zero-order valence-electron chi connectivity index (χ0n) is 11.5. The van der Waals surface area contributed by atoms with Crippen molar-refractivity contribution in [2.45, 2.75) is 19.3 Å². The predicted molar refractivity (Wildman–Crippen MR) is 82.8 cm³/mol. The Hall–Kier alpha value is -1.59. The summed E-state index contributed by atoms with van der Waals surface area (Å²) in [4.78, 5) is 11.4. The molecule has 1 aromatic carbocycles. The van der Waals surface area contributed by atoms with E-state index in [1.54, 1.807) is 12.1 Å².